The fraction of sp³-hybridized carbons (Fsp3) is 0.500. The first-order chi connectivity index (χ1) is 8.13. The van der Waals surface area contributed by atoms with Gasteiger partial charge in [0.25, 0.3) is 0 Å². The number of ether oxygens (including phenoxy) is 1. The van der Waals surface area contributed by atoms with Gasteiger partial charge in [0.1, 0.15) is 0 Å². The van der Waals surface area contributed by atoms with E-state index in [1.54, 1.807) is 13.2 Å². The van der Waals surface area contributed by atoms with E-state index in [-0.39, 0.29) is 5.25 Å². The summed E-state index contributed by atoms with van der Waals surface area (Å²) in [6.07, 6.45) is 0. The summed E-state index contributed by atoms with van der Waals surface area (Å²) in [6.45, 7) is 4.29. The number of thioether (sulfide) groups is 1. The van der Waals surface area contributed by atoms with Gasteiger partial charge in [-0.25, -0.2) is 8.78 Å². The fourth-order valence-corrected chi connectivity index (χ4v) is 2.29. The zero-order valence-corrected chi connectivity index (χ0v) is 10.8. The summed E-state index contributed by atoms with van der Waals surface area (Å²) in [5, 5.41) is 3.51. The molecule has 0 saturated heterocycles. The Morgan fingerprint density at radius 1 is 1.35 bits per heavy atom. The quantitative estimate of drug-likeness (QED) is 0.602. The molecule has 1 rings (SSSR count). The molecule has 0 fully saturated rings. The second kappa shape index (κ2) is 7.63. The molecule has 0 amide bonds. The largest absolute Gasteiger partial charge is 0.383 e. The Hall–Kier alpha value is -0.650. The molecule has 0 heterocycles. The van der Waals surface area contributed by atoms with Crippen molar-refractivity contribution in [2.45, 2.75) is 17.1 Å². The van der Waals surface area contributed by atoms with Gasteiger partial charge in [0.05, 0.1) is 6.61 Å². The van der Waals surface area contributed by atoms with Gasteiger partial charge in [-0.05, 0) is 18.2 Å². The van der Waals surface area contributed by atoms with Crippen molar-refractivity contribution in [3.63, 3.8) is 0 Å². The van der Waals surface area contributed by atoms with Gasteiger partial charge in [-0.15, -0.1) is 11.8 Å². The van der Waals surface area contributed by atoms with Crippen LogP contribution >= 0.6 is 11.8 Å². The molecule has 0 aliphatic carbocycles. The van der Waals surface area contributed by atoms with Crippen molar-refractivity contribution in [1.82, 2.24) is 5.32 Å². The van der Waals surface area contributed by atoms with Crippen LogP contribution in [-0.2, 0) is 4.74 Å². The zero-order valence-electron chi connectivity index (χ0n) is 10.0. The number of hydrogen-bond donors (Lipinski definition) is 1. The minimum absolute atomic E-state index is 0.289. The van der Waals surface area contributed by atoms with Crippen molar-refractivity contribution < 1.29 is 13.5 Å². The van der Waals surface area contributed by atoms with E-state index in [1.807, 2.05) is 6.92 Å². The molecule has 0 aliphatic rings. The second-order valence-electron chi connectivity index (χ2n) is 3.70. The molecule has 2 nitrogen and oxygen atoms in total. The summed E-state index contributed by atoms with van der Waals surface area (Å²) >= 11 is 1.51. The summed E-state index contributed by atoms with van der Waals surface area (Å²) < 4.78 is 30.6. The third-order valence-electron chi connectivity index (χ3n) is 2.14. The second-order valence-corrected chi connectivity index (χ2v) is 5.21. The molecule has 0 aliphatic heterocycles. The van der Waals surface area contributed by atoms with Crippen LogP contribution in [0.1, 0.15) is 6.92 Å². The molecule has 0 spiro atoms. The molecule has 17 heavy (non-hydrogen) atoms. The Morgan fingerprint density at radius 2 is 2.12 bits per heavy atom. The molecule has 1 atom stereocenters. The Bertz CT molecular complexity index is 349. The molecule has 0 aromatic heterocycles. The lowest BCUT2D eigenvalue weighted by Crippen LogP contribution is -2.26. The van der Waals surface area contributed by atoms with Crippen LogP contribution in [-0.4, -0.2) is 32.1 Å². The Labute approximate surface area is 105 Å². The van der Waals surface area contributed by atoms with E-state index in [9.17, 15) is 8.78 Å². The molecule has 1 unspecified atom stereocenters. The van der Waals surface area contributed by atoms with Crippen LogP contribution in [0.4, 0.5) is 8.78 Å². The van der Waals surface area contributed by atoms with E-state index in [4.69, 9.17) is 4.74 Å². The van der Waals surface area contributed by atoms with E-state index < -0.39 is 11.6 Å². The standard InChI is InChI=1S/C12H17F2NOS/c1-9(8-15-5-6-16-2)17-10-3-4-11(13)12(14)7-10/h3-4,7,9,15H,5-6,8H2,1-2H3. The van der Waals surface area contributed by atoms with Crippen molar-refractivity contribution >= 4 is 11.8 Å². The normalized spacial score (nSPS) is 12.7. The third-order valence-corrected chi connectivity index (χ3v) is 3.24. The molecule has 0 bridgehead atoms. The maximum absolute atomic E-state index is 13.0. The van der Waals surface area contributed by atoms with Gasteiger partial charge in [-0.1, -0.05) is 6.92 Å². The van der Waals surface area contributed by atoms with Gasteiger partial charge in [-0.2, -0.15) is 0 Å². The first-order valence-corrected chi connectivity index (χ1v) is 6.33. The number of hydrogen-bond acceptors (Lipinski definition) is 3. The van der Waals surface area contributed by atoms with Gasteiger partial charge >= 0.3 is 0 Å². The Kier molecular flexibility index (Phi) is 6.47. The van der Waals surface area contributed by atoms with Crippen molar-refractivity contribution in [3.05, 3.63) is 29.8 Å². The van der Waals surface area contributed by atoms with Gasteiger partial charge in [0.15, 0.2) is 11.6 Å². The summed E-state index contributed by atoms with van der Waals surface area (Å²) in [7, 11) is 1.65. The SMILES string of the molecule is COCCNCC(C)Sc1ccc(F)c(F)c1. The number of methoxy groups -OCH3 is 1. The molecular formula is C12H17F2NOS. The van der Waals surface area contributed by atoms with Crippen LogP contribution in [0.5, 0.6) is 0 Å². The molecular weight excluding hydrogens is 244 g/mol. The fourth-order valence-electron chi connectivity index (χ4n) is 1.30. The Morgan fingerprint density at radius 3 is 2.76 bits per heavy atom. The van der Waals surface area contributed by atoms with Gasteiger partial charge < -0.3 is 10.1 Å². The van der Waals surface area contributed by atoms with Crippen LogP contribution in [0.25, 0.3) is 0 Å². The van der Waals surface area contributed by atoms with Crippen molar-refractivity contribution in [2.24, 2.45) is 0 Å². The average Bonchev–Trinajstić information content (AvgIpc) is 2.30. The lowest BCUT2D eigenvalue weighted by molar-refractivity contribution is 0.199. The number of nitrogens with one attached hydrogen (secondary N) is 1. The average molecular weight is 261 g/mol. The summed E-state index contributed by atoms with van der Waals surface area (Å²) in [5.74, 6) is -1.60. The Balaban J connectivity index is 2.34. The molecule has 1 aromatic rings. The van der Waals surface area contributed by atoms with Gasteiger partial charge in [0, 0.05) is 30.3 Å². The molecule has 96 valence electrons. The minimum Gasteiger partial charge on any atom is -0.383 e. The van der Waals surface area contributed by atoms with Crippen LogP contribution in [0.3, 0.4) is 0 Å². The van der Waals surface area contributed by atoms with Crippen molar-refractivity contribution in [1.29, 1.82) is 0 Å². The smallest absolute Gasteiger partial charge is 0.159 e. The van der Waals surface area contributed by atoms with Crippen molar-refractivity contribution in [3.8, 4) is 0 Å². The predicted molar refractivity (Wildman–Crippen MR) is 66.4 cm³/mol. The highest BCUT2D eigenvalue weighted by Crippen LogP contribution is 2.24. The molecule has 0 saturated carbocycles. The highest BCUT2D eigenvalue weighted by atomic mass is 32.2. The lowest BCUT2D eigenvalue weighted by atomic mass is 10.3. The first kappa shape index (κ1) is 14.4. The summed E-state index contributed by atoms with van der Waals surface area (Å²) in [5.41, 5.74) is 0. The number of halogens is 2. The molecule has 1 aromatic carbocycles. The highest BCUT2D eigenvalue weighted by Gasteiger charge is 2.07. The van der Waals surface area contributed by atoms with E-state index >= 15 is 0 Å². The van der Waals surface area contributed by atoms with Crippen LogP contribution in [0, 0.1) is 11.6 Å². The van der Waals surface area contributed by atoms with E-state index in [0.717, 1.165) is 24.1 Å². The van der Waals surface area contributed by atoms with Crippen molar-refractivity contribution in [2.75, 3.05) is 26.8 Å². The van der Waals surface area contributed by atoms with Gasteiger partial charge in [-0.3, -0.25) is 0 Å². The monoisotopic (exact) mass is 261 g/mol. The summed E-state index contributed by atoms with van der Waals surface area (Å²) in [4.78, 5) is 0.741. The maximum Gasteiger partial charge on any atom is 0.159 e. The lowest BCUT2D eigenvalue weighted by Gasteiger charge is -2.12. The molecule has 5 heteroatoms. The maximum atomic E-state index is 13.0. The zero-order chi connectivity index (χ0) is 12.7. The number of rotatable bonds is 7. The van der Waals surface area contributed by atoms with E-state index in [0.29, 0.717) is 6.61 Å². The first-order valence-electron chi connectivity index (χ1n) is 5.45. The minimum atomic E-state index is -0.805. The highest BCUT2D eigenvalue weighted by molar-refractivity contribution is 8.00. The topological polar surface area (TPSA) is 21.3 Å². The van der Waals surface area contributed by atoms with Crippen LogP contribution in [0.15, 0.2) is 23.1 Å². The van der Waals surface area contributed by atoms with E-state index in [2.05, 4.69) is 5.32 Å². The molecule has 1 N–H and O–H groups in total. The van der Waals surface area contributed by atoms with Crippen LogP contribution in [0.2, 0.25) is 0 Å². The summed E-state index contributed by atoms with van der Waals surface area (Å²) in [6, 6.07) is 3.98. The van der Waals surface area contributed by atoms with Gasteiger partial charge in [0.2, 0.25) is 0 Å². The number of benzene rings is 1. The molecule has 0 radical (unpaired) electrons. The predicted octanol–water partition coefficient (Wildman–Crippen LogP) is 2.68. The van der Waals surface area contributed by atoms with E-state index in [1.165, 1.54) is 17.8 Å². The van der Waals surface area contributed by atoms with Crippen LogP contribution < -0.4 is 5.32 Å². The third kappa shape index (κ3) is 5.48.